The molecule has 1 aromatic rings. The van der Waals surface area contributed by atoms with Crippen LogP contribution in [0.3, 0.4) is 0 Å². The van der Waals surface area contributed by atoms with Gasteiger partial charge in [0.05, 0.1) is 6.26 Å². The summed E-state index contributed by atoms with van der Waals surface area (Å²) in [5.74, 6) is 1.59. The quantitative estimate of drug-likeness (QED) is 0.705. The molecule has 0 spiro atoms. The van der Waals surface area contributed by atoms with Crippen LogP contribution in [0, 0.1) is 5.92 Å². The van der Waals surface area contributed by atoms with E-state index in [4.69, 9.17) is 9.15 Å². The molecule has 3 rings (SSSR count). The third-order valence-electron chi connectivity index (χ3n) is 5.68. The van der Waals surface area contributed by atoms with Gasteiger partial charge in [0.2, 0.25) is 0 Å². The van der Waals surface area contributed by atoms with Gasteiger partial charge in [0.25, 0.3) is 0 Å². The Morgan fingerprint density at radius 2 is 1.93 bits per heavy atom. The number of piperidine rings is 1. The molecule has 0 aliphatic carbocycles. The smallest absolute Gasteiger partial charge is 0.317 e. The number of likely N-dealkylation sites (tertiary alicyclic amines) is 2. The standard InChI is InChI=1S/C21H35N3O3/c25-21(22-10-6-15-26-18-20-7-5-16-27-20)24-13-8-19(9-14-24)17-23-11-3-1-2-4-12-23/h5,7,16,19H,1-4,6,8-15,17-18H2,(H,22,25). The van der Waals surface area contributed by atoms with Crippen LogP contribution < -0.4 is 5.32 Å². The number of nitrogens with zero attached hydrogens (tertiary/aromatic N) is 2. The molecule has 2 aliphatic rings. The zero-order chi connectivity index (χ0) is 18.7. The second kappa shape index (κ2) is 11.3. The Morgan fingerprint density at radius 3 is 2.63 bits per heavy atom. The van der Waals surface area contributed by atoms with Crippen molar-refractivity contribution < 1.29 is 13.9 Å². The minimum absolute atomic E-state index is 0.0780. The van der Waals surface area contributed by atoms with Crippen molar-refractivity contribution in [3.63, 3.8) is 0 Å². The topological polar surface area (TPSA) is 58.0 Å². The fourth-order valence-corrected chi connectivity index (χ4v) is 4.05. The summed E-state index contributed by atoms with van der Waals surface area (Å²) in [5, 5.41) is 3.02. The minimum Gasteiger partial charge on any atom is -0.467 e. The van der Waals surface area contributed by atoms with Crippen molar-refractivity contribution in [2.45, 2.75) is 51.6 Å². The van der Waals surface area contributed by atoms with Crippen LogP contribution >= 0.6 is 0 Å². The first kappa shape index (κ1) is 20.2. The number of rotatable bonds is 8. The summed E-state index contributed by atoms with van der Waals surface area (Å²) in [4.78, 5) is 16.9. The van der Waals surface area contributed by atoms with Gasteiger partial charge in [-0.2, -0.15) is 0 Å². The Balaban J connectivity index is 1.22. The predicted octanol–water partition coefficient (Wildman–Crippen LogP) is 3.48. The highest BCUT2D eigenvalue weighted by Crippen LogP contribution is 2.20. The Labute approximate surface area is 163 Å². The lowest BCUT2D eigenvalue weighted by Gasteiger charge is -2.34. The van der Waals surface area contributed by atoms with E-state index in [0.717, 1.165) is 44.0 Å². The number of carbonyl (C=O) groups is 1. The molecular formula is C21H35N3O3. The molecule has 2 aliphatic heterocycles. The summed E-state index contributed by atoms with van der Waals surface area (Å²) < 4.78 is 10.8. The highest BCUT2D eigenvalue weighted by atomic mass is 16.5. The second-order valence-electron chi connectivity index (χ2n) is 7.86. The van der Waals surface area contributed by atoms with Gasteiger partial charge in [-0.05, 0) is 63.2 Å². The van der Waals surface area contributed by atoms with Crippen LogP contribution in [0.5, 0.6) is 0 Å². The zero-order valence-electron chi connectivity index (χ0n) is 16.5. The molecule has 6 heteroatoms. The van der Waals surface area contributed by atoms with Crippen molar-refractivity contribution in [3.8, 4) is 0 Å². The summed E-state index contributed by atoms with van der Waals surface area (Å²) in [6, 6.07) is 3.84. The van der Waals surface area contributed by atoms with Gasteiger partial charge in [0.15, 0.2) is 0 Å². The molecule has 2 amide bonds. The summed E-state index contributed by atoms with van der Waals surface area (Å²) in [7, 11) is 0. The molecule has 3 heterocycles. The molecule has 0 atom stereocenters. The monoisotopic (exact) mass is 377 g/mol. The van der Waals surface area contributed by atoms with Gasteiger partial charge in [-0.3, -0.25) is 0 Å². The summed E-state index contributed by atoms with van der Waals surface area (Å²) in [5.41, 5.74) is 0. The van der Waals surface area contributed by atoms with Crippen molar-refractivity contribution in [2.24, 2.45) is 5.92 Å². The van der Waals surface area contributed by atoms with Gasteiger partial charge in [-0.25, -0.2) is 4.79 Å². The van der Waals surface area contributed by atoms with Gasteiger partial charge in [-0.1, -0.05) is 12.8 Å². The molecule has 0 radical (unpaired) electrons. The maximum atomic E-state index is 12.3. The first-order valence-electron chi connectivity index (χ1n) is 10.7. The van der Waals surface area contributed by atoms with Crippen LogP contribution in [0.25, 0.3) is 0 Å². The van der Waals surface area contributed by atoms with Gasteiger partial charge >= 0.3 is 6.03 Å². The number of furan rings is 1. The van der Waals surface area contributed by atoms with Crippen LogP contribution in [0.2, 0.25) is 0 Å². The predicted molar refractivity (Wildman–Crippen MR) is 106 cm³/mol. The average molecular weight is 378 g/mol. The van der Waals surface area contributed by atoms with Crippen LogP contribution in [0.1, 0.15) is 50.7 Å². The normalized spacial score (nSPS) is 19.8. The molecule has 152 valence electrons. The third-order valence-corrected chi connectivity index (χ3v) is 5.68. The first-order valence-corrected chi connectivity index (χ1v) is 10.7. The maximum absolute atomic E-state index is 12.3. The fraction of sp³-hybridized carbons (Fsp3) is 0.762. The lowest BCUT2D eigenvalue weighted by Crippen LogP contribution is -2.46. The Morgan fingerprint density at radius 1 is 1.15 bits per heavy atom. The second-order valence-corrected chi connectivity index (χ2v) is 7.86. The molecule has 0 bridgehead atoms. The minimum atomic E-state index is 0.0780. The van der Waals surface area contributed by atoms with E-state index >= 15 is 0 Å². The van der Waals surface area contributed by atoms with E-state index in [0.29, 0.717) is 19.8 Å². The van der Waals surface area contributed by atoms with Crippen LogP contribution in [-0.2, 0) is 11.3 Å². The number of hydrogen-bond donors (Lipinski definition) is 1. The van der Waals surface area contributed by atoms with E-state index in [1.54, 1.807) is 6.26 Å². The Hall–Kier alpha value is -1.53. The van der Waals surface area contributed by atoms with Crippen LogP contribution in [0.4, 0.5) is 4.79 Å². The molecule has 1 N–H and O–H groups in total. The zero-order valence-corrected chi connectivity index (χ0v) is 16.5. The molecule has 0 saturated carbocycles. The molecule has 1 aromatic heterocycles. The van der Waals surface area contributed by atoms with Gasteiger partial charge in [0, 0.05) is 32.8 Å². The SMILES string of the molecule is O=C(NCCCOCc1ccco1)N1CCC(CN2CCCCCC2)CC1. The number of hydrogen-bond acceptors (Lipinski definition) is 4. The third kappa shape index (κ3) is 7.18. The number of ether oxygens (including phenoxy) is 1. The number of amides is 2. The van der Waals surface area contributed by atoms with Gasteiger partial charge < -0.3 is 24.3 Å². The van der Waals surface area contributed by atoms with E-state index < -0.39 is 0 Å². The summed E-state index contributed by atoms with van der Waals surface area (Å²) in [6.45, 7) is 7.31. The highest BCUT2D eigenvalue weighted by molar-refractivity contribution is 5.74. The van der Waals surface area contributed by atoms with E-state index in [2.05, 4.69) is 10.2 Å². The van der Waals surface area contributed by atoms with E-state index in [1.807, 2.05) is 17.0 Å². The highest BCUT2D eigenvalue weighted by Gasteiger charge is 2.24. The number of carbonyl (C=O) groups excluding carboxylic acids is 1. The number of nitrogens with one attached hydrogen (secondary N) is 1. The fourth-order valence-electron chi connectivity index (χ4n) is 4.05. The lowest BCUT2D eigenvalue weighted by atomic mass is 9.96. The van der Waals surface area contributed by atoms with Crippen LogP contribution in [0.15, 0.2) is 22.8 Å². The Bertz CT molecular complexity index is 519. The summed E-state index contributed by atoms with van der Waals surface area (Å²) in [6.07, 6.45) is 10.2. The van der Waals surface area contributed by atoms with Crippen molar-refractivity contribution in [1.82, 2.24) is 15.1 Å². The van der Waals surface area contributed by atoms with Crippen molar-refractivity contribution in [3.05, 3.63) is 24.2 Å². The molecule has 0 unspecified atom stereocenters. The molecule has 2 saturated heterocycles. The van der Waals surface area contributed by atoms with E-state index in [1.165, 1.54) is 45.3 Å². The largest absolute Gasteiger partial charge is 0.467 e. The van der Waals surface area contributed by atoms with Crippen molar-refractivity contribution in [1.29, 1.82) is 0 Å². The summed E-state index contributed by atoms with van der Waals surface area (Å²) >= 11 is 0. The molecule has 0 aromatic carbocycles. The van der Waals surface area contributed by atoms with Gasteiger partial charge in [-0.15, -0.1) is 0 Å². The first-order chi connectivity index (χ1) is 13.3. The van der Waals surface area contributed by atoms with Crippen molar-refractivity contribution >= 4 is 6.03 Å². The molecule has 2 fully saturated rings. The molecule has 6 nitrogen and oxygen atoms in total. The van der Waals surface area contributed by atoms with E-state index in [-0.39, 0.29) is 6.03 Å². The number of urea groups is 1. The average Bonchev–Trinajstić information content (AvgIpc) is 3.08. The van der Waals surface area contributed by atoms with Gasteiger partial charge in [0.1, 0.15) is 12.4 Å². The Kier molecular flexibility index (Phi) is 8.49. The van der Waals surface area contributed by atoms with E-state index in [9.17, 15) is 4.79 Å². The lowest BCUT2D eigenvalue weighted by molar-refractivity contribution is 0.103. The van der Waals surface area contributed by atoms with Crippen molar-refractivity contribution in [2.75, 3.05) is 45.9 Å². The maximum Gasteiger partial charge on any atom is 0.317 e. The molecular weight excluding hydrogens is 342 g/mol. The van der Waals surface area contributed by atoms with Crippen LogP contribution in [-0.4, -0.2) is 61.7 Å². The molecule has 27 heavy (non-hydrogen) atoms.